The minimum absolute atomic E-state index is 0.0558. The fourth-order valence-electron chi connectivity index (χ4n) is 3.44. The summed E-state index contributed by atoms with van der Waals surface area (Å²) in [6, 6.07) is 8.27. The first kappa shape index (κ1) is 24.0. The topological polar surface area (TPSA) is 35.5 Å². The predicted molar refractivity (Wildman–Crippen MR) is 118 cm³/mol. The van der Waals surface area contributed by atoms with Gasteiger partial charge in [-0.2, -0.15) is 0 Å². The molecule has 1 fully saturated rings. The summed E-state index contributed by atoms with van der Waals surface area (Å²) in [5, 5.41) is 0. The molecule has 0 heterocycles. The number of esters is 1. The SMILES string of the molecule is C=C(O/C(=C(\C)C(=O)OC)C1CCCCC1)c1cccc(C(C)(C)C)c1.CC. The highest BCUT2D eigenvalue weighted by molar-refractivity contribution is 5.88. The number of allylic oxidation sites excluding steroid dienone is 1. The molecule has 1 aliphatic carbocycles. The van der Waals surface area contributed by atoms with Crippen LogP contribution in [0.2, 0.25) is 0 Å². The van der Waals surface area contributed by atoms with E-state index in [9.17, 15) is 4.79 Å². The maximum atomic E-state index is 12.1. The number of carbonyl (C=O) groups excluding carboxylic acids is 1. The van der Waals surface area contributed by atoms with E-state index >= 15 is 0 Å². The van der Waals surface area contributed by atoms with Gasteiger partial charge in [0, 0.05) is 11.5 Å². The Balaban J connectivity index is 0.00000190. The van der Waals surface area contributed by atoms with Crippen LogP contribution in [0.25, 0.3) is 5.76 Å². The molecule has 0 atom stereocenters. The second kappa shape index (κ2) is 11.1. The minimum atomic E-state index is -0.332. The molecule has 0 radical (unpaired) electrons. The standard InChI is InChI=1S/C23H32O3.C2H6/c1-16(22(24)25-6)21(18-11-8-7-9-12-18)26-17(2)19-13-10-14-20(15-19)23(3,4)5;1-2/h10,13-15,18H,2,7-9,11-12H2,1,3-6H3;1-2H3/b21-16+;. The predicted octanol–water partition coefficient (Wildman–Crippen LogP) is 7.02. The van der Waals surface area contributed by atoms with E-state index in [1.165, 1.54) is 19.1 Å². The van der Waals surface area contributed by atoms with Crippen LogP contribution in [0.3, 0.4) is 0 Å². The second-order valence-corrected chi connectivity index (χ2v) is 8.17. The van der Waals surface area contributed by atoms with E-state index < -0.39 is 0 Å². The monoisotopic (exact) mass is 386 g/mol. The number of rotatable bonds is 5. The Morgan fingerprint density at radius 2 is 1.71 bits per heavy atom. The van der Waals surface area contributed by atoms with Crippen LogP contribution in [0.1, 0.15) is 84.8 Å². The Bertz CT molecular complexity index is 686. The number of benzene rings is 1. The van der Waals surface area contributed by atoms with Crippen molar-refractivity contribution in [2.24, 2.45) is 5.92 Å². The number of hydrogen-bond donors (Lipinski definition) is 0. The first-order valence-electron chi connectivity index (χ1n) is 10.5. The Kier molecular flexibility index (Phi) is 9.51. The third kappa shape index (κ3) is 6.54. The van der Waals surface area contributed by atoms with Crippen LogP contribution in [0.4, 0.5) is 0 Å². The summed E-state index contributed by atoms with van der Waals surface area (Å²) in [6.07, 6.45) is 5.66. The molecule has 0 aliphatic heterocycles. The molecular formula is C25H38O3. The second-order valence-electron chi connectivity index (χ2n) is 8.17. The zero-order valence-electron chi connectivity index (χ0n) is 18.9. The van der Waals surface area contributed by atoms with Gasteiger partial charge in [-0.15, -0.1) is 0 Å². The molecule has 0 saturated heterocycles. The largest absolute Gasteiger partial charge is 0.466 e. The van der Waals surface area contributed by atoms with Crippen LogP contribution in [0.15, 0.2) is 42.2 Å². The molecular weight excluding hydrogens is 348 g/mol. The van der Waals surface area contributed by atoms with Gasteiger partial charge in [-0.3, -0.25) is 0 Å². The summed E-state index contributed by atoms with van der Waals surface area (Å²) in [7, 11) is 1.41. The lowest BCUT2D eigenvalue weighted by Gasteiger charge is -2.27. The third-order valence-corrected chi connectivity index (χ3v) is 5.12. The molecule has 0 amide bonds. The van der Waals surface area contributed by atoms with E-state index in [4.69, 9.17) is 9.47 Å². The van der Waals surface area contributed by atoms with Crippen molar-refractivity contribution in [1.29, 1.82) is 0 Å². The van der Waals surface area contributed by atoms with Gasteiger partial charge >= 0.3 is 5.97 Å². The molecule has 1 aliphatic rings. The van der Waals surface area contributed by atoms with Gasteiger partial charge in [0.1, 0.15) is 11.5 Å². The van der Waals surface area contributed by atoms with Gasteiger partial charge in [-0.1, -0.05) is 78.7 Å². The molecule has 156 valence electrons. The Morgan fingerprint density at radius 1 is 1.11 bits per heavy atom. The zero-order chi connectivity index (χ0) is 21.3. The molecule has 0 unspecified atom stereocenters. The fourth-order valence-corrected chi connectivity index (χ4v) is 3.44. The summed E-state index contributed by atoms with van der Waals surface area (Å²) in [5.41, 5.74) is 2.78. The van der Waals surface area contributed by atoms with Crippen LogP contribution in [-0.4, -0.2) is 13.1 Å². The molecule has 28 heavy (non-hydrogen) atoms. The van der Waals surface area contributed by atoms with Crippen molar-refractivity contribution in [3.05, 3.63) is 53.3 Å². The van der Waals surface area contributed by atoms with E-state index in [0.717, 1.165) is 37.0 Å². The maximum absolute atomic E-state index is 12.1. The van der Waals surface area contributed by atoms with Crippen LogP contribution in [0.5, 0.6) is 0 Å². The van der Waals surface area contributed by atoms with Crippen molar-refractivity contribution in [2.75, 3.05) is 7.11 Å². The summed E-state index contributed by atoms with van der Waals surface area (Å²) < 4.78 is 11.1. The first-order valence-corrected chi connectivity index (χ1v) is 10.5. The minimum Gasteiger partial charge on any atom is -0.466 e. The molecule has 1 aromatic rings. The highest BCUT2D eigenvalue weighted by Crippen LogP contribution is 2.35. The molecule has 0 bridgehead atoms. The van der Waals surface area contributed by atoms with E-state index in [-0.39, 0.29) is 17.3 Å². The maximum Gasteiger partial charge on any atom is 0.336 e. The van der Waals surface area contributed by atoms with Crippen LogP contribution in [0, 0.1) is 5.92 Å². The average molecular weight is 387 g/mol. The van der Waals surface area contributed by atoms with Gasteiger partial charge in [0.2, 0.25) is 0 Å². The molecule has 1 aromatic carbocycles. The quantitative estimate of drug-likeness (QED) is 0.310. The lowest BCUT2D eigenvalue weighted by molar-refractivity contribution is -0.136. The van der Waals surface area contributed by atoms with Crippen molar-refractivity contribution >= 4 is 11.7 Å². The zero-order valence-corrected chi connectivity index (χ0v) is 18.9. The molecule has 3 heteroatoms. The van der Waals surface area contributed by atoms with Crippen molar-refractivity contribution in [2.45, 2.75) is 79.1 Å². The molecule has 0 N–H and O–H groups in total. The van der Waals surface area contributed by atoms with Crippen LogP contribution < -0.4 is 0 Å². The van der Waals surface area contributed by atoms with E-state index in [1.807, 2.05) is 26.0 Å². The highest BCUT2D eigenvalue weighted by Gasteiger charge is 2.25. The van der Waals surface area contributed by atoms with Crippen molar-refractivity contribution in [1.82, 2.24) is 0 Å². The number of methoxy groups -OCH3 is 1. The molecule has 0 aromatic heterocycles. The summed E-state index contributed by atoms with van der Waals surface area (Å²) in [5.74, 6) is 1.23. The van der Waals surface area contributed by atoms with Gasteiger partial charge in [0.15, 0.2) is 0 Å². The lowest BCUT2D eigenvalue weighted by atomic mass is 9.85. The number of carbonyl (C=O) groups is 1. The van der Waals surface area contributed by atoms with Gasteiger partial charge in [-0.05, 0) is 36.8 Å². The number of ether oxygens (including phenoxy) is 2. The smallest absolute Gasteiger partial charge is 0.336 e. The number of hydrogen-bond acceptors (Lipinski definition) is 3. The normalized spacial score (nSPS) is 15.7. The average Bonchev–Trinajstić information content (AvgIpc) is 2.72. The fraction of sp³-hybridized carbons (Fsp3) is 0.560. The van der Waals surface area contributed by atoms with Crippen molar-refractivity contribution in [3.63, 3.8) is 0 Å². The molecule has 3 nitrogen and oxygen atoms in total. The first-order chi connectivity index (χ1) is 13.2. The van der Waals surface area contributed by atoms with E-state index in [1.54, 1.807) is 6.92 Å². The van der Waals surface area contributed by atoms with Gasteiger partial charge < -0.3 is 9.47 Å². The van der Waals surface area contributed by atoms with Gasteiger partial charge in [-0.25, -0.2) is 4.79 Å². The Hall–Kier alpha value is -2.03. The molecule has 0 spiro atoms. The van der Waals surface area contributed by atoms with Crippen molar-refractivity contribution < 1.29 is 14.3 Å². The van der Waals surface area contributed by atoms with Crippen LogP contribution in [-0.2, 0) is 19.7 Å². The van der Waals surface area contributed by atoms with Gasteiger partial charge in [0.05, 0.1) is 12.7 Å². The van der Waals surface area contributed by atoms with E-state index in [2.05, 4.69) is 39.5 Å². The molecule has 1 saturated carbocycles. The summed E-state index contributed by atoms with van der Waals surface area (Å²) >= 11 is 0. The summed E-state index contributed by atoms with van der Waals surface area (Å²) in [4.78, 5) is 12.1. The molecule has 2 rings (SSSR count). The third-order valence-electron chi connectivity index (χ3n) is 5.12. The summed E-state index contributed by atoms with van der Waals surface area (Å²) in [6.45, 7) is 16.5. The van der Waals surface area contributed by atoms with Crippen molar-refractivity contribution in [3.8, 4) is 0 Å². The Morgan fingerprint density at radius 3 is 2.25 bits per heavy atom. The van der Waals surface area contributed by atoms with E-state index in [0.29, 0.717) is 11.3 Å². The van der Waals surface area contributed by atoms with Gasteiger partial charge in [0.25, 0.3) is 0 Å². The highest BCUT2D eigenvalue weighted by atomic mass is 16.5. The lowest BCUT2D eigenvalue weighted by Crippen LogP contribution is -2.17. The van der Waals surface area contributed by atoms with Crippen LogP contribution >= 0.6 is 0 Å². The Labute approximate surface area is 171 Å².